The van der Waals surface area contributed by atoms with Crippen LogP contribution in [0.4, 0.5) is 4.39 Å². The zero-order valence-corrected chi connectivity index (χ0v) is 17.3. The Labute approximate surface area is 165 Å². The van der Waals surface area contributed by atoms with Crippen LogP contribution in [0.1, 0.15) is 51.0 Å². The molecular weight excluding hydrogens is 381 g/mol. The van der Waals surface area contributed by atoms with Crippen LogP contribution in [0, 0.1) is 28.5 Å². The molecule has 4 aliphatic rings. The fourth-order valence-corrected chi connectivity index (χ4v) is 9.13. The first-order valence-electron chi connectivity index (χ1n) is 10.0. The summed E-state index contributed by atoms with van der Waals surface area (Å²) < 4.78 is 46.4. The van der Waals surface area contributed by atoms with Gasteiger partial charge >= 0.3 is 0 Å². The Morgan fingerprint density at radius 2 is 2.04 bits per heavy atom. The van der Waals surface area contributed by atoms with E-state index in [1.54, 1.807) is 6.07 Å². The molecule has 3 saturated carbocycles. The van der Waals surface area contributed by atoms with Gasteiger partial charge in [-0.25, -0.2) is 17.1 Å². The number of hydrogen-bond donors (Lipinski definition) is 0. The Morgan fingerprint density at radius 1 is 1.29 bits per heavy atom. The number of methoxy groups -OCH3 is 1. The molecule has 4 fully saturated rings. The highest BCUT2D eigenvalue weighted by Crippen LogP contribution is 2.70. The van der Waals surface area contributed by atoms with Crippen molar-refractivity contribution >= 4 is 15.9 Å². The standard InChI is InChI=1S/C21H26FNO4S/c1-20(2)12-6-7-21(20)11-28(25,26)23(18(21)8-12)19(24)16-10-14(16)15-9-13(22)4-5-17(15)27-3/h4-5,9,12,14,16,18H,6-8,10-11H2,1-3H3/t12-,14+,16-,18-,21-/m1/s1. The minimum Gasteiger partial charge on any atom is -0.496 e. The number of nitrogens with zero attached hydrogens (tertiary/aromatic N) is 1. The third-order valence-corrected chi connectivity index (χ3v) is 10.2. The third kappa shape index (κ3) is 2.17. The normalized spacial score (nSPS) is 39.1. The molecule has 1 saturated heterocycles. The molecule has 5 nitrogen and oxygen atoms in total. The molecule has 1 aromatic rings. The highest BCUT2D eigenvalue weighted by molar-refractivity contribution is 7.90. The Hall–Kier alpha value is -1.63. The Morgan fingerprint density at radius 3 is 2.71 bits per heavy atom. The molecule has 1 heterocycles. The highest BCUT2D eigenvalue weighted by Gasteiger charge is 2.73. The zero-order chi connectivity index (χ0) is 20.1. The topological polar surface area (TPSA) is 63.7 Å². The molecule has 0 N–H and O–H groups in total. The second-order valence-corrected chi connectivity index (χ2v) is 11.4. The van der Waals surface area contributed by atoms with E-state index in [2.05, 4.69) is 13.8 Å². The van der Waals surface area contributed by atoms with Crippen molar-refractivity contribution in [1.29, 1.82) is 0 Å². The maximum atomic E-state index is 13.7. The van der Waals surface area contributed by atoms with Crippen LogP contribution in [0.25, 0.3) is 0 Å². The largest absolute Gasteiger partial charge is 0.496 e. The van der Waals surface area contributed by atoms with Crippen LogP contribution in [0.2, 0.25) is 0 Å². The lowest BCUT2D eigenvalue weighted by molar-refractivity contribution is -0.130. The van der Waals surface area contributed by atoms with Crippen LogP contribution in [0.3, 0.4) is 0 Å². The molecular formula is C21H26FNO4S. The number of rotatable bonds is 3. The van der Waals surface area contributed by atoms with Gasteiger partial charge in [0.15, 0.2) is 0 Å². The summed E-state index contributed by atoms with van der Waals surface area (Å²) in [5.41, 5.74) is 0.280. The Bertz CT molecular complexity index is 975. The maximum absolute atomic E-state index is 13.7. The van der Waals surface area contributed by atoms with E-state index in [4.69, 9.17) is 4.74 Å². The quantitative estimate of drug-likeness (QED) is 0.771. The van der Waals surface area contributed by atoms with E-state index in [9.17, 15) is 17.6 Å². The van der Waals surface area contributed by atoms with Gasteiger partial charge < -0.3 is 4.74 Å². The number of carbonyl (C=O) groups excluding carboxylic acids is 1. The number of halogens is 1. The van der Waals surface area contributed by atoms with E-state index < -0.39 is 15.9 Å². The van der Waals surface area contributed by atoms with Crippen molar-refractivity contribution < 1.29 is 22.3 Å². The molecule has 1 aromatic carbocycles. The van der Waals surface area contributed by atoms with Gasteiger partial charge in [0.2, 0.25) is 15.9 Å². The molecule has 1 aliphatic heterocycles. The van der Waals surface area contributed by atoms with Crippen LogP contribution in [-0.4, -0.2) is 37.5 Å². The maximum Gasteiger partial charge on any atom is 0.240 e. The molecule has 1 spiro atoms. The summed E-state index contributed by atoms with van der Waals surface area (Å²) in [4.78, 5) is 13.3. The fraction of sp³-hybridized carbons (Fsp3) is 0.667. The summed E-state index contributed by atoms with van der Waals surface area (Å²) >= 11 is 0. The van der Waals surface area contributed by atoms with Crippen molar-refractivity contribution in [3.8, 4) is 5.75 Å². The van der Waals surface area contributed by atoms with Crippen LogP contribution in [-0.2, 0) is 14.8 Å². The van der Waals surface area contributed by atoms with E-state index in [-0.39, 0.29) is 40.3 Å². The van der Waals surface area contributed by atoms with Crippen molar-refractivity contribution in [1.82, 2.24) is 4.31 Å². The van der Waals surface area contributed by atoms with Gasteiger partial charge in [0.1, 0.15) is 11.6 Å². The van der Waals surface area contributed by atoms with Crippen LogP contribution in [0.15, 0.2) is 18.2 Å². The molecule has 0 aromatic heterocycles. The molecule has 7 heteroatoms. The van der Waals surface area contributed by atoms with Gasteiger partial charge in [0, 0.05) is 22.8 Å². The minimum absolute atomic E-state index is 0.0610. The van der Waals surface area contributed by atoms with Gasteiger partial charge in [-0.1, -0.05) is 13.8 Å². The predicted molar refractivity (Wildman–Crippen MR) is 102 cm³/mol. The number of fused-ring (bicyclic) bond motifs is 1. The number of amides is 1. The average Bonchev–Trinajstić information content (AvgIpc) is 3.28. The molecule has 2 bridgehead atoms. The van der Waals surface area contributed by atoms with Crippen LogP contribution >= 0.6 is 0 Å². The first-order valence-corrected chi connectivity index (χ1v) is 11.6. The van der Waals surface area contributed by atoms with Gasteiger partial charge in [-0.2, -0.15) is 0 Å². The molecule has 5 rings (SSSR count). The number of carbonyl (C=O) groups is 1. The van der Waals surface area contributed by atoms with E-state index in [1.165, 1.54) is 23.5 Å². The molecule has 28 heavy (non-hydrogen) atoms. The molecule has 0 radical (unpaired) electrons. The first kappa shape index (κ1) is 18.4. The molecule has 3 aliphatic carbocycles. The second-order valence-electron chi connectivity index (χ2n) is 9.59. The lowest BCUT2D eigenvalue weighted by Crippen LogP contribution is -2.44. The summed E-state index contributed by atoms with van der Waals surface area (Å²) in [5, 5.41) is 0. The van der Waals surface area contributed by atoms with Crippen molar-refractivity contribution in [3.63, 3.8) is 0 Å². The van der Waals surface area contributed by atoms with Crippen LogP contribution < -0.4 is 4.74 Å². The molecule has 1 amide bonds. The lowest BCUT2D eigenvalue weighted by atomic mass is 9.69. The number of sulfonamides is 1. The molecule has 152 valence electrons. The van der Waals surface area contributed by atoms with Crippen molar-refractivity contribution in [2.24, 2.45) is 22.7 Å². The monoisotopic (exact) mass is 407 g/mol. The summed E-state index contributed by atoms with van der Waals surface area (Å²) in [5.74, 6) is -0.178. The number of ether oxygens (including phenoxy) is 1. The van der Waals surface area contributed by atoms with Gasteiger partial charge in [-0.3, -0.25) is 4.79 Å². The predicted octanol–water partition coefficient (Wildman–Crippen LogP) is 3.30. The third-order valence-electron chi connectivity index (χ3n) is 8.33. The second kappa shape index (κ2) is 5.49. The fourth-order valence-electron chi connectivity index (χ4n) is 6.55. The lowest BCUT2D eigenvalue weighted by Gasteiger charge is -2.37. The van der Waals surface area contributed by atoms with Crippen molar-refractivity contribution in [2.45, 2.75) is 51.5 Å². The van der Waals surface area contributed by atoms with E-state index >= 15 is 0 Å². The molecule has 5 atom stereocenters. The summed E-state index contributed by atoms with van der Waals surface area (Å²) in [6, 6.07) is 4.07. The van der Waals surface area contributed by atoms with Crippen molar-refractivity contribution in [3.05, 3.63) is 29.6 Å². The van der Waals surface area contributed by atoms with Gasteiger partial charge in [-0.15, -0.1) is 0 Å². The summed E-state index contributed by atoms with van der Waals surface area (Å²) in [7, 11) is -2.10. The van der Waals surface area contributed by atoms with Crippen molar-refractivity contribution in [2.75, 3.05) is 12.9 Å². The highest BCUT2D eigenvalue weighted by atomic mass is 32.2. The minimum atomic E-state index is -3.62. The SMILES string of the molecule is COc1ccc(F)cc1[C@@H]1C[C@H]1C(=O)N1[C@@H]2C[C@H]3CC[C@]2(CS1(=O)=O)C3(C)C. The number of benzene rings is 1. The van der Waals surface area contributed by atoms with E-state index in [0.717, 1.165) is 19.3 Å². The van der Waals surface area contributed by atoms with Crippen LogP contribution in [0.5, 0.6) is 5.75 Å². The summed E-state index contributed by atoms with van der Waals surface area (Å²) in [6.07, 6.45) is 3.24. The Balaban J connectivity index is 1.45. The van der Waals surface area contributed by atoms with Gasteiger partial charge in [0.05, 0.1) is 18.9 Å². The van der Waals surface area contributed by atoms with Gasteiger partial charge in [0.25, 0.3) is 0 Å². The summed E-state index contributed by atoms with van der Waals surface area (Å²) in [6.45, 7) is 4.34. The smallest absolute Gasteiger partial charge is 0.240 e. The average molecular weight is 408 g/mol. The first-order chi connectivity index (χ1) is 13.1. The molecule has 0 unspecified atom stereocenters. The van der Waals surface area contributed by atoms with E-state index in [0.29, 0.717) is 23.7 Å². The zero-order valence-electron chi connectivity index (χ0n) is 16.4. The van der Waals surface area contributed by atoms with Gasteiger partial charge in [-0.05, 0) is 55.2 Å². The van der Waals surface area contributed by atoms with E-state index in [1.807, 2.05) is 0 Å². The number of hydrogen-bond acceptors (Lipinski definition) is 4. The Kier molecular flexibility index (Phi) is 3.61.